The highest BCUT2D eigenvalue weighted by Crippen LogP contribution is 2.30. The second-order valence-electron chi connectivity index (χ2n) is 5.37. The van der Waals surface area contributed by atoms with E-state index < -0.39 is 0 Å². The molecule has 0 aliphatic rings. The quantitative estimate of drug-likeness (QED) is 0.493. The lowest BCUT2D eigenvalue weighted by atomic mass is 10.1. The van der Waals surface area contributed by atoms with Gasteiger partial charge in [0, 0.05) is 21.4 Å². The van der Waals surface area contributed by atoms with Gasteiger partial charge in [0.1, 0.15) is 0 Å². The van der Waals surface area contributed by atoms with Crippen LogP contribution < -0.4 is 0 Å². The van der Waals surface area contributed by atoms with Crippen molar-refractivity contribution in [3.8, 4) is 11.3 Å². The second-order valence-corrected chi connectivity index (χ2v) is 7.39. The standard InChI is InChI=1S/C19H18BrNOS/c1-14-18(13-23-12-11-15-5-3-2-4-6-15)19(22-21-14)16-7-9-17(20)10-8-16/h2-10H,11-13H2,1H3. The lowest BCUT2D eigenvalue weighted by Crippen LogP contribution is -1.91. The number of hydrogen-bond acceptors (Lipinski definition) is 3. The van der Waals surface area contributed by atoms with Gasteiger partial charge in [0.25, 0.3) is 0 Å². The van der Waals surface area contributed by atoms with Crippen LogP contribution in [-0.4, -0.2) is 10.9 Å². The molecule has 0 saturated heterocycles. The fourth-order valence-electron chi connectivity index (χ4n) is 2.40. The minimum atomic E-state index is 0.891. The molecule has 0 bridgehead atoms. The third kappa shape index (κ3) is 4.27. The van der Waals surface area contributed by atoms with Gasteiger partial charge in [-0.15, -0.1) is 0 Å². The van der Waals surface area contributed by atoms with Gasteiger partial charge in [0.05, 0.1) is 5.69 Å². The summed E-state index contributed by atoms with van der Waals surface area (Å²) >= 11 is 5.39. The molecule has 3 aromatic rings. The van der Waals surface area contributed by atoms with Crippen LogP contribution in [0.25, 0.3) is 11.3 Å². The van der Waals surface area contributed by atoms with Gasteiger partial charge in [0.2, 0.25) is 0 Å². The first-order valence-electron chi connectivity index (χ1n) is 7.57. The Hall–Kier alpha value is -1.52. The highest BCUT2D eigenvalue weighted by molar-refractivity contribution is 9.10. The van der Waals surface area contributed by atoms with Gasteiger partial charge in [-0.3, -0.25) is 0 Å². The zero-order chi connectivity index (χ0) is 16.1. The fourth-order valence-corrected chi connectivity index (χ4v) is 3.73. The van der Waals surface area contributed by atoms with Gasteiger partial charge >= 0.3 is 0 Å². The summed E-state index contributed by atoms with van der Waals surface area (Å²) in [5.74, 6) is 2.91. The topological polar surface area (TPSA) is 26.0 Å². The van der Waals surface area contributed by atoms with Crippen molar-refractivity contribution in [1.29, 1.82) is 0 Å². The molecule has 23 heavy (non-hydrogen) atoms. The maximum Gasteiger partial charge on any atom is 0.171 e. The molecule has 0 atom stereocenters. The number of nitrogens with zero attached hydrogens (tertiary/aromatic N) is 1. The molecule has 1 heterocycles. The molecule has 0 unspecified atom stereocenters. The highest BCUT2D eigenvalue weighted by Gasteiger charge is 2.14. The van der Waals surface area contributed by atoms with E-state index in [1.165, 1.54) is 11.1 Å². The van der Waals surface area contributed by atoms with Crippen molar-refractivity contribution in [3.63, 3.8) is 0 Å². The number of benzene rings is 2. The summed E-state index contributed by atoms with van der Waals surface area (Å²) in [6, 6.07) is 18.8. The molecule has 2 nitrogen and oxygen atoms in total. The third-order valence-corrected chi connectivity index (χ3v) is 5.23. The average Bonchev–Trinajstić information content (AvgIpc) is 2.94. The van der Waals surface area contributed by atoms with Crippen molar-refractivity contribution < 1.29 is 4.52 Å². The smallest absolute Gasteiger partial charge is 0.171 e. The molecule has 0 radical (unpaired) electrons. The molecule has 0 aliphatic heterocycles. The Bertz CT molecular complexity index is 753. The molecule has 0 amide bonds. The van der Waals surface area contributed by atoms with Crippen LogP contribution >= 0.6 is 27.7 Å². The van der Waals surface area contributed by atoms with Crippen molar-refractivity contribution in [2.75, 3.05) is 5.75 Å². The Morgan fingerprint density at radius 2 is 1.78 bits per heavy atom. The summed E-state index contributed by atoms with van der Waals surface area (Å²) in [6.45, 7) is 2.01. The number of aryl methyl sites for hydroxylation is 2. The number of rotatable bonds is 6. The number of halogens is 1. The molecule has 2 aromatic carbocycles. The van der Waals surface area contributed by atoms with Gasteiger partial charge < -0.3 is 4.52 Å². The maximum absolute atomic E-state index is 5.56. The molecule has 0 saturated carbocycles. The summed E-state index contributed by atoms with van der Waals surface area (Å²) in [5.41, 5.74) is 4.64. The SMILES string of the molecule is Cc1noc(-c2ccc(Br)cc2)c1CSCCc1ccccc1. The monoisotopic (exact) mass is 387 g/mol. The summed E-state index contributed by atoms with van der Waals surface area (Å²) < 4.78 is 6.62. The van der Waals surface area contributed by atoms with E-state index in [4.69, 9.17) is 4.52 Å². The van der Waals surface area contributed by atoms with Crippen molar-refractivity contribution in [1.82, 2.24) is 5.16 Å². The van der Waals surface area contributed by atoms with E-state index in [0.717, 1.165) is 39.4 Å². The summed E-state index contributed by atoms with van der Waals surface area (Å²) in [5, 5.41) is 4.15. The van der Waals surface area contributed by atoms with Crippen LogP contribution in [0, 0.1) is 6.92 Å². The van der Waals surface area contributed by atoms with Crippen molar-refractivity contribution in [3.05, 3.63) is 75.9 Å². The molecule has 0 N–H and O–H groups in total. The van der Waals surface area contributed by atoms with Crippen LogP contribution in [0.2, 0.25) is 0 Å². The molecule has 0 spiro atoms. The zero-order valence-corrected chi connectivity index (χ0v) is 15.4. The fraction of sp³-hybridized carbons (Fsp3) is 0.211. The summed E-state index contributed by atoms with van der Waals surface area (Å²) in [4.78, 5) is 0. The molecule has 0 fully saturated rings. The van der Waals surface area contributed by atoms with Gasteiger partial charge in [-0.05, 0) is 36.8 Å². The zero-order valence-electron chi connectivity index (χ0n) is 13.0. The van der Waals surface area contributed by atoms with E-state index in [-0.39, 0.29) is 0 Å². The van der Waals surface area contributed by atoms with Crippen LogP contribution in [-0.2, 0) is 12.2 Å². The van der Waals surface area contributed by atoms with Crippen molar-refractivity contribution in [2.45, 2.75) is 19.1 Å². The lowest BCUT2D eigenvalue weighted by molar-refractivity contribution is 0.427. The lowest BCUT2D eigenvalue weighted by Gasteiger charge is -2.04. The molecular formula is C19H18BrNOS. The highest BCUT2D eigenvalue weighted by atomic mass is 79.9. The van der Waals surface area contributed by atoms with Crippen molar-refractivity contribution in [2.24, 2.45) is 0 Å². The predicted molar refractivity (Wildman–Crippen MR) is 101 cm³/mol. The minimum Gasteiger partial charge on any atom is -0.356 e. The first-order valence-corrected chi connectivity index (χ1v) is 9.51. The van der Waals surface area contributed by atoms with Crippen LogP contribution in [0.4, 0.5) is 0 Å². The number of hydrogen-bond donors (Lipinski definition) is 0. The van der Waals surface area contributed by atoms with E-state index in [0.29, 0.717) is 0 Å². The molecule has 4 heteroatoms. The second kappa shape index (κ2) is 7.84. The molecular weight excluding hydrogens is 370 g/mol. The van der Waals surface area contributed by atoms with Gasteiger partial charge in [-0.25, -0.2) is 0 Å². The van der Waals surface area contributed by atoms with Gasteiger partial charge in [-0.2, -0.15) is 11.8 Å². The Balaban J connectivity index is 1.64. The van der Waals surface area contributed by atoms with Crippen LogP contribution in [0.1, 0.15) is 16.8 Å². The first-order chi connectivity index (χ1) is 11.2. The van der Waals surface area contributed by atoms with E-state index in [1.807, 2.05) is 30.8 Å². The molecule has 1 aromatic heterocycles. The maximum atomic E-state index is 5.56. The molecule has 118 valence electrons. The van der Waals surface area contributed by atoms with E-state index in [1.54, 1.807) is 0 Å². The van der Waals surface area contributed by atoms with Gasteiger partial charge in [-0.1, -0.05) is 63.6 Å². The first kappa shape index (κ1) is 16.3. The molecule has 0 aliphatic carbocycles. The van der Waals surface area contributed by atoms with Crippen LogP contribution in [0.15, 0.2) is 63.6 Å². The largest absolute Gasteiger partial charge is 0.356 e. The third-order valence-electron chi connectivity index (χ3n) is 3.72. The molecule has 3 rings (SSSR count). The van der Waals surface area contributed by atoms with Gasteiger partial charge in [0.15, 0.2) is 5.76 Å². The Labute approximate surface area is 149 Å². The Kier molecular flexibility index (Phi) is 5.57. The van der Waals surface area contributed by atoms with E-state index >= 15 is 0 Å². The minimum absolute atomic E-state index is 0.891. The van der Waals surface area contributed by atoms with E-state index in [2.05, 4.69) is 63.6 Å². The Morgan fingerprint density at radius 3 is 2.52 bits per heavy atom. The Morgan fingerprint density at radius 1 is 1.04 bits per heavy atom. The predicted octanol–water partition coefficient (Wildman–Crippen LogP) is 5.89. The number of aromatic nitrogens is 1. The van der Waals surface area contributed by atoms with E-state index in [9.17, 15) is 0 Å². The average molecular weight is 388 g/mol. The number of thioether (sulfide) groups is 1. The van der Waals surface area contributed by atoms with Crippen LogP contribution in [0.5, 0.6) is 0 Å². The van der Waals surface area contributed by atoms with Crippen molar-refractivity contribution >= 4 is 27.7 Å². The summed E-state index contributed by atoms with van der Waals surface area (Å²) in [6.07, 6.45) is 1.09. The summed E-state index contributed by atoms with van der Waals surface area (Å²) in [7, 11) is 0. The normalized spacial score (nSPS) is 10.9. The van der Waals surface area contributed by atoms with Crippen LogP contribution in [0.3, 0.4) is 0 Å².